The van der Waals surface area contributed by atoms with Crippen molar-refractivity contribution in [3.63, 3.8) is 0 Å². The van der Waals surface area contributed by atoms with Gasteiger partial charge in [-0.25, -0.2) is 0 Å². The Morgan fingerprint density at radius 3 is 2.69 bits per heavy atom. The highest BCUT2D eigenvalue weighted by Gasteiger charge is 2.32. The lowest BCUT2D eigenvalue weighted by atomic mass is 9.85. The minimum absolute atomic E-state index is 0.311. The summed E-state index contributed by atoms with van der Waals surface area (Å²) in [4.78, 5) is 0. The fourth-order valence-corrected chi connectivity index (χ4v) is 3.79. The Balaban J connectivity index is 1.91. The van der Waals surface area contributed by atoms with Crippen molar-refractivity contribution in [3.05, 3.63) is 5.89 Å². The van der Waals surface area contributed by atoms with Gasteiger partial charge in [0.05, 0.1) is 0 Å². The summed E-state index contributed by atoms with van der Waals surface area (Å²) in [7, 11) is 0. The molecule has 0 unspecified atom stereocenters. The lowest BCUT2D eigenvalue weighted by molar-refractivity contribution is 0.0374. The third-order valence-electron chi connectivity index (χ3n) is 2.85. The van der Waals surface area contributed by atoms with Crippen molar-refractivity contribution in [3.8, 4) is 0 Å². The van der Waals surface area contributed by atoms with Crippen molar-refractivity contribution in [2.24, 2.45) is 5.41 Å². The molecule has 1 aliphatic rings. The first-order valence-electron chi connectivity index (χ1n) is 5.31. The predicted molar refractivity (Wildman–Crippen MR) is 66.0 cm³/mol. The van der Waals surface area contributed by atoms with Gasteiger partial charge in [-0.15, -0.1) is 10.2 Å². The maximum atomic E-state index is 5.40. The molecule has 0 radical (unpaired) electrons. The Morgan fingerprint density at radius 1 is 1.38 bits per heavy atom. The molecule has 0 spiro atoms. The van der Waals surface area contributed by atoms with Crippen LogP contribution >= 0.6 is 27.7 Å². The van der Waals surface area contributed by atoms with E-state index in [-0.39, 0.29) is 0 Å². The van der Waals surface area contributed by atoms with E-state index in [1.165, 1.54) is 0 Å². The van der Waals surface area contributed by atoms with Crippen molar-refractivity contribution in [1.82, 2.24) is 10.2 Å². The summed E-state index contributed by atoms with van der Waals surface area (Å²) < 4.78 is 10.8. The van der Waals surface area contributed by atoms with Crippen LogP contribution in [0.1, 0.15) is 18.7 Å². The van der Waals surface area contributed by atoms with E-state index in [0.29, 0.717) is 16.5 Å². The Labute approximate surface area is 108 Å². The summed E-state index contributed by atoms with van der Waals surface area (Å²) in [5, 5.41) is 9.49. The molecule has 0 amide bonds. The van der Waals surface area contributed by atoms with Gasteiger partial charge in [0.1, 0.15) is 0 Å². The van der Waals surface area contributed by atoms with Crippen molar-refractivity contribution in [2.45, 2.75) is 25.0 Å². The minimum atomic E-state index is 0.311. The summed E-state index contributed by atoms with van der Waals surface area (Å²) >= 11 is 5.26. The third-order valence-corrected chi connectivity index (χ3v) is 5.20. The molecule has 1 aromatic rings. The number of ether oxygens (including phenoxy) is 1. The topological polar surface area (TPSA) is 48.2 Å². The van der Waals surface area contributed by atoms with Gasteiger partial charge in [-0.2, -0.15) is 0 Å². The summed E-state index contributed by atoms with van der Waals surface area (Å²) in [5.74, 6) is 1.63. The van der Waals surface area contributed by atoms with Gasteiger partial charge in [0, 0.05) is 31.2 Å². The quantitative estimate of drug-likeness (QED) is 0.632. The molecule has 1 aliphatic heterocycles. The summed E-state index contributed by atoms with van der Waals surface area (Å²) in [6.45, 7) is 3.52. The molecule has 2 heterocycles. The Morgan fingerprint density at radius 2 is 2.12 bits per heavy atom. The zero-order chi connectivity index (χ0) is 11.4. The molecule has 0 atom stereocenters. The van der Waals surface area contributed by atoms with Crippen LogP contribution in [0.4, 0.5) is 0 Å². The third kappa shape index (κ3) is 2.99. The van der Waals surface area contributed by atoms with Gasteiger partial charge < -0.3 is 9.15 Å². The lowest BCUT2D eigenvalue weighted by Crippen LogP contribution is -2.33. The number of nitrogens with zero attached hydrogens (tertiary/aromatic N) is 2. The van der Waals surface area contributed by atoms with E-state index in [1.54, 1.807) is 11.8 Å². The second-order valence-electron chi connectivity index (χ2n) is 4.12. The zero-order valence-electron chi connectivity index (χ0n) is 9.24. The molecule has 0 bridgehead atoms. The number of aromatic nitrogens is 2. The van der Waals surface area contributed by atoms with Crippen molar-refractivity contribution >= 4 is 27.7 Å². The molecule has 2 rings (SSSR count). The predicted octanol–water partition coefficient (Wildman–Crippen LogP) is 2.66. The van der Waals surface area contributed by atoms with E-state index in [4.69, 9.17) is 9.15 Å². The molecule has 1 saturated heterocycles. The van der Waals surface area contributed by atoms with Crippen molar-refractivity contribution < 1.29 is 9.15 Å². The van der Waals surface area contributed by atoms with Gasteiger partial charge >= 0.3 is 0 Å². The van der Waals surface area contributed by atoms with E-state index in [2.05, 4.69) is 26.1 Å². The molecular weight excluding hydrogens is 292 g/mol. The molecule has 6 heteroatoms. The fourth-order valence-electron chi connectivity index (χ4n) is 1.67. The van der Waals surface area contributed by atoms with E-state index < -0.39 is 0 Å². The van der Waals surface area contributed by atoms with Crippen LogP contribution in [0.15, 0.2) is 9.64 Å². The number of thioether (sulfide) groups is 1. The smallest absolute Gasteiger partial charge is 0.276 e. The van der Waals surface area contributed by atoms with E-state index in [9.17, 15) is 0 Å². The van der Waals surface area contributed by atoms with Crippen LogP contribution in [-0.4, -0.2) is 34.5 Å². The highest BCUT2D eigenvalue weighted by atomic mass is 79.9. The van der Waals surface area contributed by atoms with Crippen LogP contribution in [-0.2, 0) is 4.74 Å². The number of hydrogen-bond donors (Lipinski definition) is 0. The standard InChI is InChI=1S/C10H15BrN2O2S/c1-8-12-13-9(15-8)16-7-10(6-11)2-4-14-5-3-10/h2-7H2,1H3. The second-order valence-corrected chi connectivity index (χ2v) is 5.61. The highest BCUT2D eigenvalue weighted by molar-refractivity contribution is 9.09. The normalized spacial score (nSPS) is 19.9. The SMILES string of the molecule is Cc1nnc(SCC2(CBr)CCOCC2)o1. The van der Waals surface area contributed by atoms with Crippen molar-refractivity contribution in [2.75, 3.05) is 24.3 Å². The maximum absolute atomic E-state index is 5.40. The molecule has 4 nitrogen and oxygen atoms in total. The Kier molecular flexibility index (Phi) is 4.27. The lowest BCUT2D eigenvalue weighted by Gasteiger charge is -2.34. The molecule has 0 N–H and O–H groups in total. The Hall–Kier alpha value is -0.0700. The van der Waals surface area contributed by atoms with Gasteiger partial charge in [0.25, 0.3) is 5.22 Å². The Bertz CT molecular complexity index is 339. The van der Waals surface area contributed by atoms with Gasteiger partial charge in [-0.1, -0.05) is 27.7 Å². The molecule has 0 saturated carbocycles. The molecular formula is C10H15BrN2O2S. The molecule has 1 fully saturated rings. The van der Waals surface area contributed by atoms with Crippen LogP contribution in [0, 0.1) is 12.3 Å². The van der Waals surface area contributed by atoms with E-state index in [1.807, 2.05) is 6.92 Å². The van der Waals surface area contributed by atoms with Gasteiger partial charge in [-0.05, 0) is 18.3 Å². The molecule has 0 aliphatic carbocycles. The van der Waals surface area contributed by atoms with E-state index in [0.717, 1.165) is 37.1 Å². The summed E-state index contributed by atoms with van der Waals surface area (Å²) in [6, 6.07) is 0. The highest BCUT2D eigenvalue weighted by Crippen LogP contribution is 2.37. The van der Waals surface area contributed by atoms with Crippen LogP contribution in [0.3, 0.4) is 0 Å². The number of aryl methyl sites for hydroxylation is 1. The molecule has 90 valence electrons. The van der Waals surface area contributed by atoms with Crippen LogP contribution < -0.4 is 0 Å². The fraction of sp³-hybridized carbons (Fsp3) is 0.800. The molecule has 0 aromatic carbocycles. The van der Waals surface area contributed by atoms with Crippen LogP contribution in [0.25, 0.3) is 0 Å². The summed E-state index contributed by atoms with van der Waals surface area (Å²) in [5.41, 5.74) is 0.311. The second kappa shape index (κ2) is 5.51. The summed E-state index contributed by atoms with van der Waals surface area (Å²) in [6.07, 6.45) is 2.19. The van der Waals surface area contributed by atoms with Crippen molar-refractivity contribution in [1.29, 1.82) is 0 Å². The largest absolute Gasteiger partial charge is 0.416 e. The molecule has 1 aromatic heterocycles. The van der Waals surface area contributed by atoms with Crippen LogP contribution in [0.5, 0.6) is 0 Å². The average Bonchev–Trinajstić information content (AvgIpc) is 2.74. The number of hydrogen-bond acceptors (Lipinski definition) is 5. The first-order chi connectivity index (χ1) is 7.74. The number of rotatable bonds is 4. The van der Waals surface area contributed by atoms with Gasteiger partial charge in [-0.3, -0.25) is 0 Å². The average molecular weight is 307 g/mol. The first kappa shape index (κ1) is 12.4. The van der Waals surface area contributed by atoms with Crippen LogP contribution in [0.2, 0.25) is 0 Å². The van der Waals surface area contributed by atoms with Gasteiger partial charge in [0.15, 0.2) is 0 Å². The number of alkyl halides is 1. The first-order valence-corrected chi connectivity index (χ1v) is 7.41. The molecule has 16 heavy (non-hydrogen) atoms. The van der Waals surface area contributed by atoms with E-state index >= 15 is 0 Å². The zero-order valence-corrected chi connectivity index (χ0v) is 11.6. The maximum Gasteiger partial charge on any atom is 0.276 e. The number of halogens is 1. The monoisotopic (exact) mass is 306 g/mol. The van der Waals surface area contributed by atoms with Gasteiger partial charge in [0.2, 0.25) is 5.89 Å². The minimum Gasteiger partial charge on any atom is -0.416 e.